The van der Waals surface area contributed by atoms with Gasteiger partial charge in [-0.2, -0.15) is 0 Å². The van der Waals surface area contributed by atoms with Crippen molar-refractivity contribution in [2.75, 3.05) is 5.32 Å². The van der Waals surface area contributed by atoms with Gasteiger partial charge in [0.15, 0.2) is 5.11 Å². The topological polar surface area (TPSA) is 49.8 Å². The molecule has 0 aliphatic carbocycles. The molecule has 2 aromatic rings. The van der Waals surface area contributed by atoms with Crippen molar-refractivity contribution in [1.29, 1.82) is 0 Å². The van der Waals surface area contributed by atoms with Crippen LogP contribution in [0.5, 0.6) is 0 Å². The van der Waals surface area contributed by atoms with Gasteiger partial charge in [0, 0.05) is 25.1 Å². The van der Waals surface area contributed by atoms with Crippen molar-refractivity contribution < 1.29 is 0 Å². The molecule has 0 radical (unpaired) electrons. The summed E-state index contributed by atoms with van der Waals surface area (Å²) in [4.78, 5) is 8.23. The van der Waals surface area contributed by atoms with E-state index in [0.717, 1.165) is 11.1 Å². The molecule has 0 aromatic carbocycles. The summed E-state index contributed by atoms with van der Waals surface area (Å²) in [6, 6.07) is 5.70. The van der Waals surface area contributed by atoms with Gasteiger partial charge in [-0.3, -0.25) is 4.98 Å². The minimum Gasteiger partial charge on any atom is -0.358 e. The fourth-order valence-electron chi connectivity index (χ4n) is 1.51. The first-order valence-electron chi connectivity index (χ1n) is 5.71. The van der Waals surface area contributed by atoms with E-state index in [2.05, 4.69) is 20.6 Å². The number of hydrogen-bond acceptors (Lipinski definition) is 3. The average molecular weight is 293 g/mol. The van der Waals surface area contributed by atoms with E-state index < -0.39 is 0 Å². The Morgan fingerprint density at radius 3 is 2.95 bits per heavy atom. The zero-order valence-electron chi connectivity index (χ0n) is 10.4. The van der Waals surface area contributed by atoms with Crippen molar-refractivity contribution in [2.24, 2.45) is 0 Å². The third kappa shape index (κ3) is 4.15. The molecule has 0 atom stereocenters. The molecule has 0 fully saturated rings. The molecule has 4 nitrogen and oxygen atoms in total. The molecule has 0 aliphatic heterocycles. The molecule has 19 heavy (non-hydrogen) atoms. The first-order chi connectivity index (χ1) is 9.15. The van der Waals surface area contributed by atoms with Crippen LogP contribution in [-0.4, -0.2) is 15.1 Å². The summed E-state index contributed by atoms with van der Waals surface area (Å²) in [7, 11) is 0. The number of nitrogens with one attached hydrogen (secondary N) is 2. The lowest BCUT2D eigenvalue weighted by molar-refractivity contribution is 0.915. The maximum absolute atomic E-state index is 5.85. The van der Waals surface area contributed by atoms with Gasteiger partial charge in [0.25, 0.3) is 0 Å². The van der Waals surface area contributed by atoms with Crippen molar-refractivity contribution in [3.63, 3.8) is 0 Å². The largest absolute Gasteiger partial charge is 0.358 e. The van der Waals surface area contributed by atoms with Gasteiger partial charge in [-0.1, -0.05) is 17.7 Å². The highest BCUT2D eigenvalue weighted by Gasteiger charge is 2.03. The Labute approximate surface area is 122 Å². The smallest absolute Gasteiger partial charge is 0.172 e. The van der Waals surface area contributed by atoms with Crippen LogP contribution >= 0.6 is 23.8 Å². The predicted molar refractivity (Wildman–Crippen MR) is 81.3 cm³/mol. The summed E-state index contributed by atoms with van der Waals surface area (Å²) in [5, 5.41) is 7.26. The number of aryl methyl sites for hydroxylation is 1. The number of halogens is 1. The third-order valence-electron chi connectivity index (χ3n) is 2.45. The van der Waals surface area contributed by atoms with Gasteiger partial charge in [-0.15, -0.1) is 0 Å². The van der Waals surface area contributed by atoms with Crippen LogP contribution in [0.4, 0.5) is 5.82 Å². The molecule has 0 unspecified atom stereocenters. The first kappa shape index (κ1) is 13.7. The van der Waals surface area contributed by atoms with Gasteiger partial charge in [0.05, 0.1) is 5.02 Å². The SMILES string of the molecule is Cc1cc(Cl)cnc1NC(=S)NCc1cccnc1. The quantitative estimate of drug-likeness (QED) is 0.852. The lowest BCUT2D eigenvalue weighted by Crippen LogP contribution is -2.28. The second-order valence-corrected chi connectivity index (χ2v) is 4.83. The second kappa shape index (κ2) is 6.45. The molecular weight excluding hydrogens is 280 g/mol. The first-order valence-corrected chi connectivity index (χ1v) is 6.49. The summed E-state index contributed by atoms with van der Waals surface area (Å²) in [6.07, 6.45) is 5.11. The van der Waals surface area contributed by atoms with Crippen LogP contribution in [-0.2, 0) is 6.54 Å². The van der Waals surface area contributed by atoms with E-state index in [0.29, 0.717) is 22.5 Å². The number of hydrogen-bond donors (Lipinski definition) is 2. The third-order valence-corrected chi connectivity index (χ3v) is 2.91. The van der Waals surface area contributed by atoms with Crippen LogP contribution in [0.25, 0.3) is 0 Å². The molecule has 2 N–H and O–H groups in total. The standard InChI is InChI=1S/C13H13ClN4S/c1-9-5-11(14)8-16-12(9)18-13(19)17-7-10-3-2-4-15-6-10/h2-6,8H,7H2,1H3,(H2,16,17,18,19). The van der Waals surface area contributed by atoms with Crippen LogP contribution in [0.1, 0.15) is 11.1 Å². The predicted octanol–water partition coefficient (Wildman–Crippen LogP) is 2.93. The minimum atomic E-state index is 0.516. The van der Waals surface area contributed by atoms with E-state index in [1.807, 2.05) is 25.1 Å². The van der Waals surface area contributed by atoms with Crippen LogP contribution in [0.3, 0.4) is 0 Å². The maximum atomic E-state index is 5.85. The molecule has 0 aliphatic rings. The maximum Gasteiger partial charge on any atom is 0.172 e. The molecule has 0 amide bonds. The number of rotatable bonds is 3. The summed E-state index contributed by atoms with van der Waals surface area (Å²) in [5.74, 6) is 0.702. The lowest BCUT2D eigenvalue weighted by atomic mass is 10.3. The van der Waals surface area contributed by atoms with Gasteiger partial charge < -0.3 is 10.6 Å². The Kier molecular flexibility index (Phi) is 4.65. The molecule has 2 heterocycles. The Morgan fingerprint density at radius 1 is 1.42 bits per heavy atom. The summed E-state index contributed by atoms with van der Waals surface area (Å²) in [6.45, 7) is 2.54. The number of nitrogens with zero attached hydrogens (tertiary/aromatic N) is 2. The highest BCUT2D eigenvalue weighted by atomic mass is 35.5. The molecule has 6 heteroatoms. The molecule has 0 spiro atoms. The van der Waals surface area contributed by atoms with Crippen LogP contribution in [0.2, 0.25) is 5.02 Å². The highest BCUT2D eigenvalue weighted by molar-refractivity contribution is 7.80. The number of aromatic nitrogens is 2. The fraction of sp³-hybridized carbons (Fsp3) is 0.154. The number of anilines is 1. The number of pyridine rings is 2. The summed E-state index contributed by atoms with van der Waals surface area (Å²) in [5.41, 5.74) is 2.01. The fourth-order valence-corrected chi connectivity index (χ4v) is 1.89. The summed E-state index contributed by atoms with van der Waals surface area (Å²) >= 11 is 11.1. The van der Waals surface area contributed by atoms with E-state index in [1.165, 1.54) is 0 Å². The van der Waals surface area contributed by atoms with E-state index in [1.54, 1.807) is 18.6 Å². The van der Waals surface area contributed by atoms with Crippen molar-refractivity contribution in [3.8, 4) is 0 Å². The van der Waals surface area contributed by atoms with Crippen LogP contribution in [0.15, 0.2) is 36.8 Å². The summed E-state index contributed by atoms with van der Waals surface area (Å²) < 4.78 is 0. The van der Waals surface area contributed by atoms with E-state index in [9.17, 15) is 0 Å². The zero-order valence-corrected chi connectivity index (χ0v) is 11.9. The van der Waals surface area contributed by atoms with Crippen molar-refractivity contribution >= 4 is 34.7 Å². The Morgan fingerprint density at radius 2 is 2.26 bits per heavy atom. The van der Waals surface area contributed by atoms with Gasteiger partial charge >= 0.3 is 0 Å². The lowest BCUT2D eigenvalue weighted by Gasteiger charge is -2.11. The van der Waals surface area contributed by atoms with Gasteiger partial charge in [0.1, 0.15) is 5.82 Å². The second-order valence-electron chi connectivity index (χ2n) is 3.99. The molecular formula is C13H13ClN4S. The minimum absolute atomic E-state index is 0.516. The molecule has 0 saturated heterocycles. The molecule has 0 saturated carbocycles. The van der Waals surface area contributed by atoms with Gasteiger partial charge in [0.2, 0.25) is 0 Å². The van der Waals surface area contributed by atoms with Crippen LogP contribution < -0.4 is 10.6 Å². The van der Waals surface area contributed by atoms with E-state index in [-0.39, 0.29) is 0 Å². The van der Waals surface area contributed by atoms with Gasteiger partial charge in [-0.05, 0) is 42.4 Å². The Hall–Kier alpha value is -1.72. The zero-order chi connectivity index (χ0) is 13.7. The molecule has 0 bridgehead atoms. The van der Waals surface area contributed by atoms with Crippen molar-refractivity contribution in [1.82, 2.24) is 15.3 Å². The Bertz CT molecular complexity index is 574. The Balaban J connectivity index is 1.91. The normalized spacial score (nSPS) is 10.0. The van der Waals surface area contributed by atoms with E-state index in [4.69, 9.17) is 23.8 Å². The highest BCUT2D eigenvalue weighted by Crippen LogP contribution is 2.15. The average Bonchev–Trinajstić information content (AvgIpc) is 2.41. The van der Waals surface area contributed by atoms with Gasteiger partial charge in [-0.25, -0.2) is 4.98 Å². The monoisotopic (exact) mass is 292 g/mol. The molecule has 2 aromatic heterocycles. The molecule has 98 valence electrons. The van der Waals surface area contributed by atoms with Crippen molar-refractivity contribution in [3.05, 3.63) is 52.9 Å². The van der Waals surface area contributed by atoms with E-state index >= 15 is 0 Å². The van der Waals surface area contributed by atoms with Crippen LogP contribution in [0, 0.1) is 6.92 Å². The molecule has 2 rings (SSSR count). The number of thiocarbonyl (C=S) groups is 1. The van der Waals surface area contributed by atoms with Crippen molar-refractivity contribution in [2.45, 2.75) is 13.5 Å².